The van der Waals surface area contributed by atoms with E-state index >= 15 is 0 Å². The Morgan fingerprint density at radius 1 is 1.26 bits per heavy atom. The fourth-order valence-corrected chi connectivity index (χ4v) is 3.47. The SMILES string of the molecule is O=C(NN(Cc1ccc(-c2cc(Cl)ccc2F)cc1)C[C@@H](O)C(=O)O)c1nn[n]([Tl])n1. The van der Waals surface area contributed by atoms with Crippen molar-refractivity contribution < 1.29 is 24.2 Å². The van der Waals surface area contributed by atoms with Gasteiger partial charge in [0.2, 0.25) is 0 Å². The molecule has 0 bridgehead atoms. The fraction of sp³-hybridized carbons (Fsp3) is 0.167. The van der Waals surface area contributed by atoms with Gasteiger partial charge in [-0.3, -0.25) is 0 Å². The van der Waals surface area contributed by atoms with Crippen LogP contribution < -0.4 is 5.43 Å². The van der Waals surface area contributed by atoms with Crippen LogP contribution in [0.1, 0.15) is 16.2 Å². The van der Waals surface area contributed by atoms with Crippen molar-refractivity contribution >= 4 is 49.5 Å². The average Bonchev–Trinajstić information content (AvgIpc) is 3.17. The van der Waals surface area contributed by atoms with E-state index in [9.17, 15) is 19.1 Å². The molecule has 1 aromatic heterocycles. The van der Waals surface area contributed by atoms with Gasteiger partial charge < -0.3 is 0 Å². The summed E-state index contributed by atoms with van der Waals surface area (Å²) in [5.74, 6) is -2.72. The Bertz CT molecular complexity index is 1100. The van der Waals surface area contributed by atoms with Crippen LogP contribution in [0.25, 0.3) is 11.1 Å². The molecule has 0 aliphatic carbocycles. The number of carbonyl (C=O) groups is 2. The van der Waals surface area contributed by atoms with Gasteiger partial charge in [-0.1, -0.05) is 11.6 Å². The Morgan fingerprint density at radius 3 is 2.58 bits per heavy atom. The van der Waals surface area contributed by atoms with Crippen molar-refractivity contribution in [2.75, 3.05) is 6.54 Å². The third-order valence-corrected chi connectivity index (χ3v) is 5.22. The van der Waals surface area contributed by atoms with Crippen molar-refractivity contribution in [1.29, 1.82) is 0 Å². The van der Waals surface area contributed by atoms with Crippen molar-refractivity contribution in [3.8, 4) is 11.1 Å². The number of benzene rings is 2. The molecule has 158 valence electrons. The normalized spacial score (nSPS) is 12.0. The average molecular weight is 638 g/mol. The Hall–Kier alpha value is -2.49. The summed E-state index contributed by atoms with van der Waals surface area (Å²) in [5, 5.41) is 31.5. The summed E-state index contributed by atoms with van der Waals surface area (Å²) in [6.07, 6.45) is -1.73. The molecule has 3 N–H and O–H groups in total. The molecule has 0 unspecified atom stereocenters. The molecule has 1 heterocycles. The van der Waals surface area contributed by atoms with Crippen LogP contribution in [0, 0.1) is 5.82 Å². The van der Waals surface area contributed by atoms with Gasteiger partial charge >= 0.3 is 152 Å². The minimum absolute atomic E-state index is 0.0607. The van der Waals surface area contributed by atoms with Crippen molar-refractivity contribution in [1.82, 2.24) is 28.5 Å². The number of halogens is 2. The van der Waals surface area contributed by atoms with Gasteiger partial charge in [-0.25, -0.2) is 4.39 Å². The summed E-state index contributed by atoms with van der Waals surface area (Å²) in [5.41, 5.74) is 4.08. The van der Waals surface area contributed by atoms with E-state index in [4.69, 9.17) is 16.7 Å². The first kappa shape index (κ1) is 23.2. The number of hydrogen-bond acceptors (Lipinski definition) is 7. The zero-order valence-corrected chi connectivity index (χ0v) is 21.1. The second kappa shape index (κ2) is 10.2. The molecule has 3 rings (SSSR count). The van der Waals surface area contributed by atoms with Gasteiger partial charge in [-0.15, -0.1) is 0 Å². The molecule has 31 heavy (non-hydrogen) atoms. The number of aliphatic hydroxyl groups is 1. The zero-order chi connectivity index (χ0) is 22.5. The number of carbonyl (C=O) groups excluding carboxylic acids is 1. The number of nitrogens with one attached hydrogen (secondary N) is 1. The maximum absolute atomic E-state index is 14.1. The molecule has 0 spiro atoms. The molecule has 0 saturated heterocycles. The van der Waals surface area contributed by atoms with Crippen molar-refractivity contribution in [2.45, 2.75) is 12.6 Å². The Morgan fingerprint density at radius 2 is 1.97 bits per heavy atom. The molecule has 13 heteroatoms. The summed E-state index contributed by atoms with van der Waals surface area (Å²) in [6.45, 7) is -0.326. The topological polar surface area (TPSA) is 133 Å². The molecule has 1 atom stereocenters. The molecule has 1 amide bonds. The third kappa shape index (κ3) is 6.25. The van der Waals surface area contributed by atoms with E-state index in [1.165, 1.54) is 25.8 Å². The van der Waals surface area contributed by atoms with Crippen LogP contribution in [0.4, 0.5) is 4.39 Å². The first-order chi connectivity index (χ1) is 14.7. The van der Waals surface area contributed by atoms with Crippen molar-refractivity contribution in [3.05, 3.63) is 64.7 Å². The molecule has 0 saturated carbocycles. The van der Waals surface area contributed by atoms with E-state index < -0.39 is 23.8 Å². The number of amides is 1. The fourth-order valence-electron chi connectivity index (χ4n) is 2.68. The predicted octanol–water partition coefficient (Wildman–Crippen LogP) is 0.657. The summed E-state index contributed by atoms with van der Waals surface area (Å²) in [4.78, 5) is 23.4. The van der Waals surface area contributed by atoms with Gasteiger partial charge in [0, 0.05) is 5.02 Å². The summed E-state index contributed by atoms with van der Waals surface area (Å²) < 4.78 is 15.3. The predicted molar refractivity (Wildman–Crippen MR) is 107 cm³/mol. The number of hydrazine groups is 1. The van der Waals surface area contributed by atoms with E-state index in [1.807, 2.05) is 0 Å². The van der Waals surface area contributed by atoms with Gasteiger partial charge in [0.25, 0.3) is 0 Å². The van der Waals surface area contributed by atoms with Crippen LogP contribution in [-0.4, -0.2) is 83.8 Å². The van der Waals surface area contributed by atoms with Gasteiger partial charge in [-0.05, 0) is 18.2 Å². The standard InChI is InChI=1S/C18H16ClFN6O4.Tl/c19-12-5-6-14(20)13(7-12)11-3-1-10(2-4-11)8-26(9-15(27)18(29)30)23-17(28)16-21-24-25-22-16;/h1-7,15,27H,8-9H2,(H3,21,22,23,24,25,28,29,30);/q;+1/p-1/t15-;/m1./s1. The monoisotopic (exact) mass is 638 g/mol. The van der Waals surface area contributed by atoms with E-state index in [0.29, 0.717) is 21.7 Å². The van der Waals surface area contributed by atoms with Crippen LogP contribution in [0.15, 0.2) is 42.5 Å². The van der Waals surface area contributed by atoms with Crippen molar-refractivity contribution in [3.63, 3.8) is 0 Å². The first-order valence-corrected chi connectivity index (χ1v) is 11.2. The Kier molecular flexibility index (Phi) is 7.64. The number of rotatable bonds is 8. The Balaban J connectivity index is 1.77. The second-order valence-corrected chi connectivity index (χ2v) is 8.66. The van der Waals surface area contributed by atoms with Crippen LogP contribution in [0.3, 0.4) is 0 Å². The molecule has 0 fully saturated rings. The summed E-state index contributed by atoms with van der Waals surface area (Å²) in [7, 11) is 0. The van der Waals surface area contributed by atoms with Crippen molar-refractivity contribution in [2.24, 2.45) is 0 Å². The number of carboxylic acid groups (broad SMARTS) is 1. The number of hydrogen-bond donors (Lipinski definition) is 3. The van der Waals surface area contributed by atoms with E-state index in [1.54, 1.807) is 24.3 Å². The van der Waals surface area contributed by atoms with E-state index in [0.717, 1.165) is 0 Å². The van der Waals surface area contributed by atoms with Crippen LogP contribution >= 0.6 is 11.6 Å². The van der Waals surface area contributed by atoms with Crippen LogP contribution in [-0.2, 0) is 11.3 Å². The molecule has 2 aromatic carbocycles. The van der Waals surface area contributed by atoms with E-state index in [-0.39, 0.29) is 45.0 Å². The van der Waals surface area contributed by atoms with E-state index in [2.05, 4.69) is 20.8 Å². The molecule has 0 radical (unpaired) electrons. The molecule has 0 aliphatic heterocycles. The molecular formula is C18H15ClFN6O4Tl. The number of aliphatic carboxylic acids is 1. The molecule has 0 aliphatic rings. The number of aliphatic hydroxyl groups excluding tert-OH is 1. The van der Waals surface area contributed by atoms with Gasteiger partial charge in [0.1, 0.15) is 5.82 Å². The second-order valence-electron chi connectivity index (χ2n) is 6.43. The zero-order valence-electron chi connectivity index (χ0n) is 15.8. The quantitative estimate of drug-likeness (QED) is 0.242. The van der Waals surface area contributed by atoms with Gasteiger partial charge in [0.05, 0.1) is 0 Å². The number of carboxylic acids is 1. The molecule has 3 aromatic rings. The van der Waals surface area contributed by atoms with Gasteiger partial charge in [0.15, 0.2) is 0 Å². The summed E-state index contributed by atoms with van der Waals surface area (Å²) in [6, 6.07) is 11.0. The minimum atomic E-state index is -1.73. The summed E-state index contributed by atoms with van der Waals surface area (Å²) >= 11 is 6.17. The van der Waals surface area contributed by atoms with Crippen LogP contribution in [0.5, 0.6) is 0 Å². The maximum atomic E-state index is 14.1. The number of aromatic nitrogens is 4. The number of nitrogens with zero attached hydrogens (tertiary/aromatic N) is 5. The molecular weight excluding hydrogens is 623 g/mol. The van der Waals surface area contributed by atoms with Crippen LogP contribution in [0.2, 0.25) is 5.02 Å². The molecule has 10 nitrogen and oxygen atoms in total. The number of tetrazole rings is 1. The first-order valence-electron chi connectivity index (χ1n) is 8.79. The third-order valence-electron chi connectivity index (χ3n) is 4.14. The van der Waals surface area contributed by atoms with Gasteiger partial charge in [-0.2, -0.15) is 0 Å². The Labute approximate surface area is 196 Å².